The van der Waals surface area contributed by atoms with E-state index in [1.54, 1.807) is 0 Å². The molecule has 1 spiro atoms. The lowest BCUT2D eigenvalue weighted by molar-refractivity contribution is 0.670. The number of hydrogen-bond acceptors (Lipinski definition) is 2. The van der Waals surface area contributed by atoms with E-state index in [1.807, 2.05) is 0 Å². The van der Waals surface area contributed by atoms with Gasteiger partial charge in [-0.2, -0.15) is 0 Å². The van der Waals surface area contributed by atoms with Crippen molar-refractivity contribution in [3.63, 3.8) is 0 Å². The first kappa shape index (κ1) is 34.0. The van der Waals surface area contributed by atoms with Crippen molar-refractivity contribution in [1.82, 2.24) is 0 Å². The Morgan fingerprint density at radius 2 is 0.836 bits per heavy atom. The highest BCUT2D eigenvalue weighted by Gasteiger charge is 2.51. The van der Waals surface area contributed by atoms with Crippen LogP contribution in [0.15, 0.2) is 229 Å². The summed E-state index contributed by atoms with van der Waals surface area (Å²) in [6, 6.07) is 82.2. The van der Waals surface area contributed by atoms with Crippen LogP contribution in [-0.4, -0.2) is 0 Å². The second-order valence-corrected chi connectivity index (χ2v) is 16.4. The Kier molecular flexibility index (Phi) is 7.26. The normalized spacial score (nSPS) is 13.0. The van der Waals surface area contributed by atoms with Gasteiger partial charge in [0.15, 0.2) is 0 Å². The third-order valence-corrected chi connectivity index (χ3v) is 13.3. The van der Waals surface area contributed by atoms with Crippen molar-refractivity contribution in [3.8, 4) is 44.5 Å². The largest absolute Gasteiger partial charge is 0.455 e. The molecule has 0 saturated heterocycles. The quantitative estimate of drug-likeness (QED) is 0.173. The van der Waals surface area contributed by atoms with Crippen molar-refractivity contribution in [1.29, 1.82) is 0 Å². The molecule has 2 aliphatic rings. The molecule has 0 bridgehead atoms. The highest BCUT2D eigenvalue weighted by Crippen LogP contribution is 2.63. The van der Waals surface area contributed by atoms with Crippen LogP contribution >= 0.6 is 0 Å². The first-order valence-electron chi connectivity index (χ1n) is 21.1. The van der Waals surface area contributed by atoms with Crippen molar-refractivity contribution in [2.45, 2.75) is 5.41 Å². The maximum Gasteiger partial charge on any atom is 0.145 e. The molecule has 1 aromatic heterocycles. The van der Waals surface area contributed by atoms with Gasteiger partial charge in [0.2, 0.25) is 0 Å². The zero-order valence-electron chi connectivity index (χ0n) is 33.2. The Hall–Kier alpha value is -7.94. The van der Waals surface area contributed by atoms with Gasteiger partial charge in [-0.05, 0) is 121 Å². The summed E-state index contributed by atoms with van der Waals surface area (Å²) in [4.78, 5) is 2.46. The fraction of sp³-hybridized carbons (Fsp3) is 0.0169. The Balaban J connectivity index is 1.11. The third kappa shape index (κ3) is 4.85. The molecular formula is C59H37NO. The van der Waals surface area contributed by atoms with Gasteiger partial charge in [0, 0.05) is 22.3 Å². The van der Waals surface area contributed by atoms with Gasteiger partial charge in [0.05, 0.1) is 16.5 Å². The van der Waals surface area contributed by atoms with Gasteiger partial charge in [-0.1, -0.05) is 176 Å². The molecule has 0 radical (unpaired) electrons. The Labute approximate surface area is 354 Å². The van der Waals surface area contributed by atoms with Crippen LogP contribution in [0.4, 0.5) is 17.1 Å². The van der Waals surface area contributed by atoms with Gasteiger partial charge >= 0.3 is 0 Å². The van der Waals surface area contributed by atoms with Crippen molar-refractivity contribution in [2.75, 3.05) is 4.90 Å². The number of nitrogens with zero attached hydrogens (tertiary/aromatic N) is 1. The van der Waals surface area contributed by atoms with E-state index >= 15 is 0 Å². The third-order valence-electron chi connectivity index (χ3n) is 13.3. The average Bonchev–Trinajstić information content (AvgIpc) is 3.96. The van der Waals surface area contributed by atoms with Gasteiger partial charge in [-0.25, -0.2) is 0 Å². The zero-order valence-corrected chi connectivity index (χ0v) is 33.2. The van der Waals surface area contributed by atoms with Gasteiger partial charge < -0.3 is 9.32 Å². The summed E-state index contributed by atoms with van der Waals surface area (Å²) in [5.74, 6) is 0. The molecule has 0 saturated carbocycles. The summed E-state index contributed by atoms with van der Waals surface area (Å²) in [5, 5.41) is 4.52. The van der Waals surface area contributed by atoms with Crippen molar-refractivity contribution >= 4 is 49.8 Å². The van der Waals surface area contributed by atoms with E-state index in [4.69, 9.17) is 4.42 Å². The summed E-state index contributed by atoms with van der Waals surface area (Å²) in [6.45, 7) is 0. The van der Waals surface area contributed by atoms with Gasteiger partial charge in [-0.3, -0.25) is 0 Å². The molecule has 0 aliphatic heterocycles. The highest BCUT2D eigenvalue weighted by molar-refractivity contribution is 6.19. The zero-order chi connectivity index (χ0) is 40.1. The first-order valence-corrected chi connectivity index (χ1v) is 21.1. The minimum Gasteiger partial charge on any atom is -0.455 e. The number of fused-ring (bicyclic) bond motifs is 14. The van der Waals surface area contributed by atoms with Gasteiger partial charge in [-0.15, -0.1) is 0 Å². The van der Waals surface area contributed by atoms with E-state index in [2.05, 4.69) is 229 Å². The molecule has 2 aliphatic carbocycles. The van der Waals surface area contributed by atoms with E-state index in [0.717, 1.165) is 55.5 Å². The highest BCUT2D eigenvalue weighted by atomic mass is 16.3. The van der Waals surface area contributed by atoms with Crippen LogP contribution in [0, 0.1) is 0 Å². The molecule has 1 heterocycles. The molecule has 2 heteroatoms. The maximum atomic E-state index is 7.03. The van der Waals surface area contributed by atoms with E-state index in [9.17, 15) is 0 Å². The Morgan fingerprint density at radius 3 is 1.48 bits per heavy atom. The summed E-state index contributed by atoms with van der Waals surface area (Å²) in [7, 11) is 0. The molecule has 0 amide bonds. The fourth-order valence-electron chi connectivity index (χ4n) is 10.7. The molecule has 11 aromatic rings. The van der Waals surface area contributed by atoms with Crippen LogP contribution in [-0.2, 0) is 5.41 Å². The summed E-state index contributed by atoms with van der Waals surface area (Å²) < 4.78 is 7.03. The van der Waals surface area contributed by atoms with Gasteiger partial charge in [0.25, 0.3) is 0 Å². The second kappa shape index (κ2) is 13.0. The van der Waals surface area contributed by atoms with Gasteiger partial charge in [0.1, 0.15) is 11.2 Å². The molecular weight excluding hydrogens is 739 g/mol. The summed E-state index contributed by atoms with van der Waals surface area (Å²) in [6.07, 6.45) is 0. The van der Waals surface area contributed by atoms with E-state index < -0.39 is 5.41 Å². The van der Waals surface area contributed by atoms with Crippen molar-refractivity contribution < 1.29 is 4.42 Å². The topological polar surface area (TPSA) is 16.4 Å². The Morgan fingerprint density at radius 1 is 0.344 bits per heavy atom. The maximum absolute atomic E-state index is 7.03. The van der Waals surface area contributed by atoms with E-state index in [0.29, 0.717) is 0 Å². The lowest BCUT2D eigenvalue weighted by Crippen LogP contribution is -2.26. The monoisotopic (exact) mass is 775 g/mol. The van der Waals surface area contributed by atoms with E-state index in [-0.39, 0.29) is 0 Å². The predicted octanol–water partition coefficient (Wildman–Crippen LogP) is 15.9. The van der Waals surface area contributed by atoms with Crippen LogP contribution in [0.25, 0.3) is 77.2 Å². The smallest absolute Gasteiger partial charge is 0.145 e. The predicted molar refractivity (Wildman–Crippen MR) is 253 cm³/mol. The lowest BCUT2D eigenvalue weighted by Gasteiger charge is -2.32. The molecule has 10 aromatic carbocycles. The fourth-order valence-corrected chi connectivity index (χ4v) is 10.7. The molecule has 13 rings (SSSR count). The lowest BCUT2D eigenvalue weighted by atomic mass is 9.70. The molecule has 2 nitrogen and oxygen atoms in total. The number of rotatable bonds is 5. The number of benzene rings is 10. The average molecular weight is 776 g/mol. The van der Waals surface area contributed by atoms with E-state index in [1.165, 1.54) is 61.0 Å². The molecule has 284 valence electrons. The molecule has 61 heavy (non-hydrogen) atoms. The molecule has 0 unspecified atom stereocenters. The number of anilines is 3. The minimum absolute atomic E-state index is 0.467. The first-order chi connectivity index (χ1) is 30.3. The van der Waals surface area contributed by atoms with Crippen LogP contribution < -0.4 is 4.90 Å². The van der Waals surface area contributed by atoms with Crippen LogP contribution in [0.3, 0.4) is 0 Å². The van der Waals surface area contributed by atoms with Crippen molar-refractivity contribution in [2.24, 2.45) is 0 Å². The standard InChI is InChI=1S/C59H37NO/c1-3-15-38(16-4-1)39-27-29-43(30-28-39)60(55-34-33-45(40-17-5-2-6-18-40)58-57(55)50-35-41-19-7-8-20-42(41)36-56(50)61-58)44-31-32-49-48-23-11-14-26-53(48)59(54(49)37-44)51-24-12-9-21-46(51)47-22-10-13-25-52(47)59/h1-37H. The summed E-state index contributed by atoms with van der Waals surface area (Å²) >= 11 is 0. The number of hydrogen-bond donors (Lipinski definition) is 0. The molecule has 0 atom stereocenters. The summed E-state index contributed by atoms with van der Waals surface area (Å²) in [5.41, 5.74) is 19.5. The SMILES string of the molecule is c1ccc(-c2ccc(N(c3ccc4c(c3)C3(c5ccccc5-c5ccccc53)c3ccccc3-4)c3ccc(-c4ccccc4)c4oc5cc6ccccc6cc5c34)cc2)cc1. The molecule has 0 N–H and O–H groups in total. The van der Waals surface area contributed by atoms with Crippen LogP contribution in [0.5, 0.6) is 0 Å². The van der Waals surface area contributed by atoms with Crippen LogP contribution in [0.1, 0.15) is 22.3 Å². The second-order valence-electron chi connectivity index (χ2n) is 16.4. The number of furan rings is 1. The van der Waals surface area contributed by atoms with Crippen LogP contribution in [0.2, 0.25) is 0 Å². The molecule has 0 fully saturated rings. The Bertz CT molecular complexity index is 3460. The minimum atomic E-state index is -0.467. The van der Waals surface area contributed by atoms with Crippen molar-refractivity contribution in [3.05, 3.63) is 247 Å².